The molecule has 0 radical (unpaired) electrons. The van der Waals surface area contributed by atoms with E-state index < -0.39 is 0 Å². The molecule has 2 aromatic carbocycles. The minimum atomic E-state index is -0.240. The van der Waals surface area contributed by atoms with Crippen LogP contribution in [-0.4, -0.2) is 31.0 Å². The van der Waals surface area contributed by atoms with E-state index in [-0.39, 0.29) is 30.9 Å². The molecule has 1 aliphatic rings. The molecule has 1 fully saturated rings. The van der Waals surface area contributed by atoms with Crippen LogP contribution in [0, 0.1) is 6.92 Å². The van der Waals surface area contributed by atoms with Gasteiger partial charge in [0.15, 0.2) is 6.61 Å². The van der Waals surface area contributed by atoms with Crippen molar-refractivity contribution in [2.24, 2.45) is 0 Å². The highest BCUT2D eigenvalue weighted by Crippen LogP contribution is 2.23. The fourth-order valence-electron chi connectivity index (χ4n) is 2.73. The summed E-state index contributed by atoms with van der Waals surface area (Å²) in [5.74, 6) is 0.384. The van der Waals surface area contributed by atoms with Gasteiger partial charge >= 0.3 is 0 Å². The van der Waals surface area contributed by atoms with Gasteiger partial charge in [-0.2, -0.15) is 0 Å². The number of aryl methyl sites for hydroxylation is 1. The first-order valence-electron chi connectivity index (χ1n) is 8.06. The Kier molecular flexibility index (Phi) is 5.24. The van der Waals surface area contributed by atoms with E-state index in [1.165, 1.54) is 0 Å². The van der Waals surface area contributed by atoms with Crippen LogP contribution in [0.5, 0.6) is 5.75 Å². The molecular formula is C19H19ClN2O3. The molecule has 0 spiro atoms. The van der Waals surface area contributed by atoms with Crippen molar-refractivity contribution in [1.29, 1.82) is 0 Å². The van der Waals surface area contributed by atoms with E-state index in [1.54, 1.807) is 29.2 Å². The molecule has 0 bridgehead atoms. The van der Waals surface area contributed by atoms with Gasteiger partial charge in [0.25, 0.3) is 5.91 Å². The van der Waals surface area contributed by atoms with Gasteiger partial charge in [0, 0.05) is 23.7 Å². The molecule has 1 N–H and O–H groups in total. The summed E-state index contributed by atoms with van der Waals surface area (Å²) < 4.78 is 5.46. The van der Waals surface area contributed by atoms with Crippen LogP contribution in [0.2, 0.25) is 5.02 Å². The van der Waals surface area contributed by atoms with Crippen LogP contribution in [0.3, 0.4) is 0 Å². The van der Waals surface area contributed by atoms with E-state index in [1.807, 2.05) is 31.2 Å². The Morgan fingerprint density at radius 1 is 1.20 bits per heavy atom. The lowest BCUT2D eigenvalue weighted by atomic mass is 10.2. The number of rotatable bonds is 5. The molecule has 1 aliphatic heterocycles. The van der Waals surface area contributed by atoms with Gasteiger partial charge in [0.05, 0.1) is 6.04 Å². The van der Waals surface area contributed by atoms with Crippen LogP contribution < -0.4 is 15.0 Å². The van der Waals surface area contributed by atoms with Crippen LogP contribution in [-0.2, 0) is 9.59 Å². The lowest BCUT2D eigenvalue weighted by molar-refractivity contribution is -0.123. The van der Waals surface area contributed by atoms with Crippen molar-refractivity contribution < 1.29 is 14.3 Å². The monoisotopic (exact) mass is 358 g/mol. The Labute approximate surface area is 151 Å². The molecule has 5 nitrogen and oxygen atoms in total. The van der Waals surface area contributed by atoms with Crippen LogP contribution in [0.15, 0.2) is 48.5 Å². The highest BCUT2D eigenvalue weighted by Gasteiger charge is 2.31. The highest BCUT2D eigenvalue weighted by atomic mass is 35.5. The number of nitrogens with zero attached hydrogens (tertiary/aromatic N) is 1. The molecule has 1 atom stereocenters. The fraction of sp³-hybridized carbons (Fsp3) is 0.263. The van der Waals surface area contributed by atoms with Crippen molar-refractivity contribution in [3.63, 3.8) is 0 Å². The number of halogens is 1. The fourth-order valence-corrected chi connectivity index (χ4v) is 2.85. The second-order valence-electron chi connectivity index (χ2n) is 6.05. The van der Waals surface area contributed by atoms with Gasteiger partial charge in [-0.15, -0.1) is 0 Å². The van der Waals surface area contributed by atoms with Gasteiger partial charge in [-0.05, 0) is 43.3 Å². The number of hydrogen-bond acceptors (Lipinski definition) is 3. The number of amides is 2. The van der Waals surface area contributed by atoms with Crippen molar-refractivity contribution in [3.05, 3.63) is 59.1 Å². The van der Waals surface area contributed by atoms with Crippen molar-refractivity contribution in [2.45, 2.75) is 19.4 Å². The molecular weight excluding hydrogens is 340 g/mol. The molecule has 1 heterocycles. The zero-order chi connectivity index (χ0) is 17.8. The molecule has 25 heavy (non-hydrogen) atoms. The van der Waals surface area contributed by atoms with E-state index in [4.69, 9.17) is 16.3 Å². The summed E-state index contributed by atoms with van der Waals surface area (Å²) >= 11 is 5.87. The molecule has 0 aromatic heterocycles. The number of anilines is 1. The van der Waals surface area contributed by atoms with Crippen molar-refractivity contribution in [3.8, 4) is 5.75 Å². The van der Waals surface area contributed by atoms with E-state index in [0.29, 0.717) is 17.3 Å². The van der Waals surface area contributed by atoms with Gasteiger partial charge in [-0.25, -0.2) is 0 Å². The molecule has 1 saturated heterocycles. The number of benzene rings is 2. The zero-order valence-electron chi connectivity index (χ0n) is 13.9. The summed E-state index contributed by atoms with van der Waals surface area (Å²) in [6, 6.07) is 14.3. The average molecular weight is 359 g/mol. The minimum absolute atomic E-state index is 0.0212. The Hall–Kier alpha value is -2.53. The average Bonchev–Trinajstić information content (AvgIpc) is 2.95. The van der Waals surface area contributed by atoms with Crippen molar-refractivity contribution >= 4 is 29.1 Å². The third kappa shape index (κ3) is 4.51. The molecule has 0 unspecified atom stereocenters. The lowest BCUT2D eigenvalue weighted by Crippen LogP contribution is -2.39. The molecule has 0 aliphatic carbocycles. The molecule has 3 rings (SSSR count). The Bertz CT molecular complexity index is 759. The van der Waals surface area contributed by atoms with E-state index in [2.05, 4.69) is 5.32 Å². The normalized spacial score (nSPS) is 16.8. The van der Waals surface area contributed by atoms with Crippen LogP contribution in [0.1, 0.15) is 12.0 Å². The molecule has 130 valence electrons. The number of hydrogen-bond donors (Lipinski definition) is 1. The maximum atomic E-state index is 12.2. The summed E-state index contributed by atoms with van der Waals surface area (Å²) in [7, 11) is 0. The smallest absolute Gasteiger partial charge is 0.258 e. The summed E-state index contributed by atoms with van der Waals surface area (Å²) in [4.78, 5) is 25.9. The first-order chi connectivity index (χ1) is 12.0. The standard InChI is InChI=1S/C19H19ClN2O3/c1-13-2-8-17(9-3-13)25-12-18(23)21-15-10-19(24)22(11-15)16-6-4-14(20)5-7-16/h2-9,15H,10-12H2,1H3,(H,21,23)/t15-/m0/s1. The summed E-state index contributed by atoms with van der Waals surface area (Å²) in [6.45, 7) is 2.35. The highest BCUT2D eigenvalue weighted by molar-refractivity contribution is 6.30. The third-order valence-electron chi connectivity index (χ3n) is 4.02. The van der Waals surface area contributed by atoms with Crippen molar-refractivity contribution in [1.82, 2.24) is 5.32 Å². The maximum Gasteiger partial charge on any atom is 0.258 e. The van der Waals surface area contributed by atoms with Gasteiger partial charge in [0.2, 0.25) is 5.91 Å². The second kappa shape index (κ2) is 7.57. The molecule has 2 amide bonds. The first kappa shape index (κ1) is 17.3. The van der Waals surface area contributed by atoms with Crippen molar-refractivity contribution in [2.75, 3.05) is 18.1 Å². The Morgan fingerprint density at radius 3 is 2.56 bits per heavy atom. The largest absolute Gasteiger partial charge is 0.484 e. The Morgan fingerprint density at radius 2 is 1.88 bits per heavy atom. The molecule has 2 aromatic rings. The zero-order valence-corrected chi connectivity index (χ0v) is 14.6. The predicted octanol–water partition coefficient (Wildman–Crippen LogP) is 2.95. The topological polar surface area (TPSA) is 58.6 Å². The quantitative estimate of drug-likeness (QED) is 0.894. The van der Waals surface area contributed by atoms with Crippen LogP contribution in [0.4, 0.5) is 5.69 Å². The van der Waals surface area contributed by atoms with Gasteiger partial charge in [-0.1, -0.05) is 29.3 Å². The minimum Gasteiger partial charge on any atom is -0.484 e. The predicted molar refractivity (Wildman–Crippen MR) is 97.0 cm³/mol. The Balaban J connectivity index is 1.51. The third-order valence-corrected chi connectivity index (χ3v) is 4.27. The molecule has 6 heteroatoms. The van der Waals surface area contributed by atoms with Crippen LogP contribution in [0.25, 0.3) is 0 Å². The number of ether oxygens (including phenoxy) is 1. The first-order valence-corrected chi connectivity index (χ1v) is 8.44. The number of nitrogens with one attached hydrogen (secondary N) is 1. The van der Waals surface area contributed by atoms with E-state index in [9.17, 15) is 9.59 Å². The number of carbonyl (C=O) groups is 2. The van der Waals surface area contributed by atoms with Gasteiger partial charge in [-0.3, -0.25) is 9.59 Å². The van der Waals surface area contributed by atoms with Crippen LogP contribution >= 0.6 is 11.6 Å². The number of carbonyl (C=O) groups excluding carboxylic acids is 2. The lowest BCUT2D eigenvalue weighted by Gasteiger charge is -2.17. The van der Waals surface area contributed by atoms with Gasteiger partial charge < -0.3 is 15.0 Å². The summed E-state index contributed by atoms with van der Waals surface area (Å²) in [5, 5.41) is 3.47. The van der Waals surface area contributed by atoms with E-state index >= 15 is 0 Å². The second-order valence-corrected chi connectivity index (χ2v) is 6.49. The van der Waals surface area contributed by atoms with Gasteiger partial charge in [0.1, 0.15) is 5.75 Å². The van der Waals surface area contributed by atoms with E-state index in [0.717, 1.165) is 11.3 Å². The summed E-state index contributed by atoms with van der Waals surface area (Å²) in [5.41, 5.74) is 1.91. The molecule has 0 saturated carbocycles. The maximum absolute atomic E-state index is 12.2. The summed E-state index contributed by atoms with van der Waals surface area (Å²) in [6.07, 6.45) is 0.277. The SMILES string of the molecule is Cc1ccc(OCC(=O)N[C@H]2CC(=O)N(c3ccc(Cl)cc3)C2)cc1.